The number of anilines is 1. The minimum absolute atomic E-state index is 0.0912. The summed E-state index contributed by atoms with van der Waals surface area (Å²) in [6, 6.07) is 15.0. The van der Waals surface area contributed by atoms with Gasteiger partial charge < -0.3 is 15.1 Å². The standard InChI is InChI=1S/C30H36ClN7OS/c1-20-18-26(31)35-22(3)27(20)28(39)32-15-10-21(2)36-16-11-24(12-17-36)38-25(23-8-5-4-6-9-23)19-37(30(38)40)29-33-13-7-14-34-29/h4-9,13-14,18,21,24-25H,10-12,15-17,19H2,1-3H3,(H,32,39)/t21?,25-/m0/s1. The molecule has 8 nitrogen and oxygen atoms in total. The Morgan fingerprint density at radius 1 is 1.12 bits per heavy atom. The van der Waals surface area contributed by atoms with Crippen LogP contribution in [0.25, 0.3) is 0 Å². The molecular formula is C30H36ClN7OS. The molecule has 0 radical (unpaired) electrons. The van der Waals surface area contributed by atoms with Gasteiger partial charge in [-0.3, -0.25) is 9.69 Å². The van der Waals surface area contributed by atoms with E-state index in [4.69, 9.17) is 23.8 Å². The highest BCUT2D eigenvalue weighted by atomic mass is 35.5. The first kappa shape index (κ1) is 28.4. The number of amides is 1. The van der Waals surface area contributed by atoms with E-state index in [-0.39, 0.29) is 11.9 Å². The third-order valence-corrected chi connectivity index (χ3v) is 8.70. The molecule has 2 saturated heterocycles. The van der Waals surface area contributed by atoms with Crippen LogP contribution >= 0.6 is 23.8 Å². The lowest BCUT2D eigenvalue weighted by molar-refractivity contribution is 0.0930. The van der Waals surface area contributed by atoms with Crippen molar-refractivity contribution in [3.05, 3.63) is 82.4 Å². The summed E-state index contributed by atoms with van der Waals surface area (Å²) in [7, 11) is 0. The highest BCUT2D eigenvalue weighted by molar-refractivity contribution is 7.80. The van der Waals surface area contributed by atoms with Gasteiger partial charge >= 0.3 is 0 Å². The molecule has 210 valence electrons. The first-order chi connectivity index (χ1) is 19.3. The quantitative estimate of drug-likeness (QED) is 0.297. The van der Waals surface area contributed by atoms with Gasteiger partial charge in [-0.2, -0.15) is 0 Å². The molecule has 10 heteroatoms. The van der Waals surface area contributed by atoms with E-state index in [0.29, 0.717) is 41.0 Å². The number of halogens is 1. The summed E-state index contributed by atoms with van der Waals surface area (Å²) in [5.41, 5.74) is 3.37. The average molecular weight is 578 g/mol. The van der Waals surface area contributed by atoms with Gasteiger partial charge in [-0.05, 0) is 75.5 Å². The maximum Gasteiger partial charge on any atom is 0.253 e. The summed E-state index contributed by atoms with van der Waals surface area (Å²) < 4.78 is 0. The second-order valence-corrected chi connectivity index (χ2v) is 11.4. The Kier molecular flexibility index (Phi) is 8.93. The van der Waals surface area contributed by atoms with Crippen LogP contribution < -0.4 is 10.2 Å². The Morgan fingerprint density at radius 2 is 1.82 bits per heavy atom. The first-order valence-electron chi connectivity index (χ1n) is 13.9. The molecule has 2 aliphatic heterocycles. The Hall–Kier alpha value is -3.14. The number of rotatable bonds is 8. The summed E-state index contributed by atoms with van der Waals surface area (Å²) in [6.07, 6.45) is 6.46. The summed E-state index contributed by atoms with van der Waals surface area (Å²) in [5, 5.41) is 4.30. The second kappa shape index (κ2) is 12.6. The minimum Gasteiger partial charge on any atom is -0.352 e. The van der Waals surface area contributed by atoms with Gasteiger partial charge in [0.15, 0.2) is 5.11 Å². The van der Waals surface area contributed by atoms with Crippen LogP contribution in [0.4, 0.5) is 5.95 Å². The largest absolute Gasteiger partial charge is 0.352 e. The van der Waals surface area contributed by atoms with E-state index in [9.17, 15) is 4.79 Å². The van der Waals surface area contributed by atoms with Gasteiger partial charge in [0.1, 0.15) is 5.15 Å². The van der Waals surface area contributed by atoms with Crippen molar-refractivity contribution < 1.29 is 4.79 Å². The van der Waals surface area contributed by atoms with E-state index in [1.807, 2.05) is 19.9 Å². The van der Waals surface area contributed by atoms with Crippen LogP contribution in [0.15, 0.2) is 54.9 Å². The van der Waals surface area contributed by atoms with Crippen LogP contribution in [0, 0.1) is 13.8 Å². The molecule has 1 aromatic carbocycles. The van der Waals surface area contributed by atoms with Crippen molar-refractivity contribution in [1.29, 1.82) is 0 Å². The van der Waals surface area contributed by atoms with Crippen molar-refractivity contribution in [2.75, 3.05) is 31.1 Å². The number of nitrogens with one attached hydrogen (secondary N) is 1. The molecule has 1 unspecified atom stereocenters. The molecule has 5 rings (SSSR count). The summed E-state index contributed by atoms with van der Waals surface area (Å²) >= 11 is 12.1. The van der Waals surface area contributed by atoms with Crippen LogP contribution in [0.1, 0.15) is 59.4 Å². The van der Waals surface area contributed by atoms with E-state index >= 15 is 0 Å². The summed E-state index contributed by atoms with van der Waals surface area (Å²) in [5.74, 6) is 0.565. The smallest absolute Gasteiger partial charge is 0.253 e. The van der Waals surface area contributed by atoms with Crippen LogP contribution in [0.3, 0.4) is 0 Å². The topological polar surface area (TPSA) is 77.5 Å². The number of aryl methyl sites for hydroxylation is 2. The van der Waals surface area contributed by atoms with E-state index in [1.54, 1.807) is 18.5 Å². The van der Waals surface area contributed by atoms with E-state index in [2.05, 4.69) is 72.2 Å². The normalized spacial score (nSPS) is 19.2. The second-order valence-electron chi connectivity index (χ2n) is 10.7. The number of thiocarbonyl (C=S) groups is 1. The molecule has 2 aromatic heterocycles. The van der Waals surface area contributed by atoms with Crippen molar-refractivity contribution in [2.45, 2.75) is 58.2 Å². The molecule has 4 heterocycles. The highest BCUT2D eigenvalue weighted by Crippen LogP contribution is 2.36. The van der Waals surface area contributed by atoms with E-state index in [0.717, 1.165) is 49.6 Å². The zero-order chi connectivity index (χ0) is 28.2. The third-order valence-electron chi connectivity index (χ3n) is 8.08. The average Bonchev–Trinajstić information content (AvgIpc) is 3.30. The van der Waals surface area contributed by atoms with Crippen molar-refractivity contribution in [3.8, 4) is 0 Å². The van der Waals surface area contributed by atoms with E-state index < -0.39 is 0 Å². The molecule has 0 saturated carbocycles. The number of hydrogen-bond donors (Lipinski definition) is 1. The lowest BCUT2D eigenvalue weighted by Gasteiger charge is -2.42. The van der Waals surface area contributed by atoms with Gasteiger partial charge in [-0.25, -0.2) is 15.0 Å². The van der Waals surface area contributed by atoms with Gasteiger partial charge in [0.2, 0.25) is 5.95 Å². The number of carbonyl (C=O) groups excluding carboxylic acids is 1. The molecule has 2 fully saturated rings. The SMILES string of the molecule is Cc1cc(Cl)nc(C)c1C(=O)NCCC(C)N1CCC(N2C(=S)N(c3ncccn3)C[C@H]2c2ccccc2)CC1. The Bertz CT molecular complexity index is 1310. The molecular weight excluding hydrogens is 542 g/mol. The fraction of sp³-hybridized carbons (Fsp3) is 0.433. The highest BCUT2D eigenvalue weighted by Gasteiger charge is 2.42. The number of pyridine rings is 1. The van der Waals surface area contributed by atoms with Gasteiger partial charge in [0, 0.05) is 44.1 Å². The Balaban J connectivity index is 1.18. The third kappa shape index (κ3) is 6.11. The number of hydrogen-bond acceptors (Lipinski definition) is 6. The molecule has 1 amide bonds. The van der Waals surface area contributed by atoms with E-state index in [1.165, 1.54) is 5.56 Å². The summed E-state index contributed by atoms with van der Waals surface area (Å²) in [4.78, 5) is 33.0. The van der Waals surface area contributed by atoms with Gasteiger partial charge in [-0.1, -0.05) is 41.9 Å². The van der Waals surface area contributed by atoms with Gasteiger partial charge in [0.05, 0.1) is 23.8 Å². The minimum atomic E-state index is -0.0912. The number of benzene rings is 1. The fourth-order valence-electron chi connectivity index (χ4n) is 5.96. The predicted octanol–water partition coefficient (Wildman–Crippen LogP) is 4.96. The molecule has 40 heavy (non-hydrogen) atoms. The number of piperidine rings is 1. The van der Waals surface area contributed by atoms with Crippen molar-refractivity contribution >= 4 is 40.8 Å². The monoisotopic (exact) mass is 577 g/mol. The molecule has 1 N–H and O–H groups in total. The van der Waals surface area contributed by atoms with Crippen molar-refractivity contribution in [2.24, 2.45) is 0 Å². The van der Waals surface area contributed by atoms with Crippen LogP contribution in [0.5, 0.6) is 0 Å². The zero-order valence-corrected chi connectivity index (χ0v) is 24.8. The summed E-state index contributed by atoms with van der Waals surface area (Å²) in [6.45, 7) is 9.28. The molecule has 0 aliphatic carbocycles. The Labute approximate surface area is 246 Å². The van der Waals surface area contributed by atoms with Gasteiger partial charge in [-0.15, -0.1) is 0 Å². The van der Waals surface area contributed by atoms with Crippen molar-refractivity contribution in [1.82, 2.24) is 30.1 Å². The molecule has 0 spiro atoms. The van der Waals surface area contributed by atoms with Crippen LogP contribution in [-0.2, 0) is 0 Å². The zero-order valence-electron chi connectivity index (χ0n) is 23.3. The van der Waals surface area contributed by atoms with Crippen LogP contribution in [-0.4, -0.2) is 74.0 Å². The predicted molar refractivity (Wildman–Crippen MR) is 163 cm³/mol. The number of likely N-dealkylation sites (tertiary alicyclic amines) is 1. The maximum absolute atomic E-state index is 12.8. The molecule has 2 aliphatic rings. The van der Waals surface area contributed by atoms with Crippen molar-refractivity contribution in [3.63, 3.8) is 0 Å². The van der Waals surface area contributed by atoms with Crippen LogP contribution in [0.2, 0.25) is 5.15 Å². The van der Waals surface area contributed by atoms with Gasteiger partial charge in [0.25, 0.3) is 5.91 Å². The number of aromatic nitrogens is 3. The fourth-order valence-corrected chi connectivity index (χ4v) is 6.68. The maximum atomic E-state index is 12.8. The Morgan fingerprint density at radius 3 is 2.50 bits per heavy atom. The molecule has 0 bridgehead atoms. The lowest BCUT2D eigenvalue weighted by atomic mass is 9.98. The number of carbonyl (C=O) groups is 1. The molecule has 3 aromatic rings. The lowest BCUT2D eigenvalue weighted by Crippen LogP contribution is -2.49. The first-order valence-corrected chi connectivity index (χ1v) is 14.7. The number of nitrogens with zero attached hydrogens (tertiary/aromatic N) is 6. The molecule has 2 atom stereocenters.